The first kappa shape index (κ1) is 20.3. The molecule has 0 radical (unpaired) electrons. The number of aryl methyl sites for hydroxylation is 3. The predicted molar refractivity (Wildman–Crippen MR) is 120 cm³/mol. The lowest BCUT2D eigenvalue weighted by Crippen LogP contribution is -2.31. The first-order valence-corrected chi connectivity index (χ1v) is 10.2. The first-order valence-electron chi connectivity index (χ1n) is 9.02. The zero-order valence-electron chi connectivity index (χ0n) is 16.1. The number of hydrogen-bond donors (Lipinski definition) is 1. The van der Waals surface area contributed by atoms with Crippen molar-refractivity contribution in [2.75, 3.05) is 11.9 Å². The van der Waals surface area contributed by atoms with E-state index in [2.05, 4.69) is 5.32 Å². The number of nitrogens with one attached hydrogen (secondary N) is 1. The third kappa shape index (κ3) is 4.88. The van der Waals surface area contributed by atoms with E-state index in [1.165, 1.54) is 22.2 Å². The van der Waals surface area contributed by atoms with E-state index in [1.54, 1.807) is 0 Å². The smallest absolute Gasteiger partial charge is 0.266 e. The van der Waals surface area contributed by atoms with Crippen LogP contribution < -0.4 is 5.32 Å². The van der Waals surface area contributed by atoms with E-state index in [1.807, 2.05) is 69.3 Å². The summed E-state index contributed by atoms with van der Waals surface area (Å²) in [6.45, 7) is 6.26. The Morgan fingerprint density at radius 1 is 1.11 bits per heavy atom. The van der Waals surface area contributed by atoms with Crippen molar-refractivity contribution >= 4 is 51.9 Å². The zero-order valence-corrected chi connectivity index (χ0v) is 17.7. The minimum Gasteiger partial charge on any atom is -0.326 e. The second-order valence-electron chi connectivity index (χ2n) is 6.86. The van der Waals surface area contributed by atoms with Crippen LogP contribution in [0.25, 0.3) is 6.08 Å². The maximum Gasteiger partial charge on any atom is 0.266 e. The van der Waals surface area contributed by atoms with E-state index in [4.69, 9.17) is 12.2 Å². The molecule has 1 fully saturated rings. The Labute approximate surface area is 175 Å². The quantitative estimate of drug-likeness (QED) is 0.566. The standard InChI is InChI=1S/C22H22N2O2S2/c1-14-4-7-17(8-5-14)13-19-21(26)24(22(27)28-19)11-10-20(25)23-18-9-6-15(2)12-16(18)3/h4-9,12-13H,10-11H2,1-3H3,(H,23,25)/b19-13-. The van der Waals surface area contributed by atoms with Crippen LogP contribution in [0.2, 0.25) is 0 Å². The SMILES string of the molecule is Cc1ccc(/C=C2\SC(=S)N(CCC(=O)Nc3ccc(C)cc3C)C2=O)cc1. The minimum absolute atomic E-state index is 0.136. The van der Waals surface area contributed by atoms with Gasteiger partial charge in [-0.05, 0) is 44.0 Å². The van der Waals surface area contributed by atoms with Crippen LogP contribution in [0.5, 0.6) is 0 Å². The molecule has 2 aromatic rings. The zero-order chi connectivity index (χ0) is 20.3. The number of thiocarbonyl (C=S) groups is 1. The third-order valence-corrected chi connectivity index (χ3v) is 5.84. The van der Waals surface area contributed by atoms with Gasteiger partial charge in [0, 0.05) is 18.7 Å². The Balaban J connectivity index is 1.61. The number of hydrogen-bond acceptors (Lipinski definition) is 4. The van der Waals surface area contributed by atoms with Gasteiger partial charge in [-0.15, -0.1) is 0 Å². The largest absolute Gasteiger partial charge is 0.326 e. The molecule has 4 nitrogen and oxygen atoms in total. The van der Waals surface area contributed by atoms with Crippen molar-refractivity contribution in [1.82, 2.24) is 4.90 Å². The highest BCUT2D eigenvalue weighted by Crippen LogP contribution is 2.32. The van der Waals surface area contributed by atoms with Crippen molar-refractivity contribution in [2.24, 2.45) is 0 Å². The molecule has 2 amide bonds. The van der Waals surface area contributed by atoms with Crippen LogP contribution in [0.3, 0.4) is 0 Å². The molecule has 1 heterocycles. The van der Waals surface area contributed by atoms with Crippen molar-refractivity contribution in [3.8, 4) is 0 Å². The van der Waals surface area contributed by atoms with Gasteiger partial charge in [-0.3, -0.25) is 14.5 Å². The molecule has 6 heteroatoms. The van der Waals surface area contributed by atoms with Crippen LogP contribution >= 0.6 is 24.0 Å². The fourth-order valence-corrected chi connectivity index (χ4v) is 4.20. The molecule has 0 spiro atoms. The topological polar surface area (TPSA) is 49.4 Å². The Kier molecular flexibility index (Phi) is 6.31. The van der Waals surface area contributed by atoms with Crippen LogP contribution in [0.4, 0.5) is 5.69 Å². The molecule has 144 valence electrons. The highest BCUT2D eigenvalue weighted by atomic mass is 32.2. The lowest BCUT2D eigenvalue weighted by Gasteiger charge is -2.15. The number of anilines is 1. The van der Waals surface area contributed by atoms with E-state index in [-0.39, 0.29) is 24.8 Å². The summed E-state index contributed by atoms with van der Waals surface area (Å²) in [5.74, 6) is -0.279. The predicted octanol–water partition coefficient (Wildman–Crippen LogP) is 4.84. The summed E-state index contributed by atoms with van der Waals surface area (Å²) in [6.07, 6.45) is 2.03. The molecular formula is C22H22N2O2S2. The van der Waals surface area contributed by atoms with E-state index in [0.29, 0.717) is 9.23 Å². The number of thioether (sulfide) groups is 1. The van der Waals surface area contributed by atoms with Gasteiger partial charge in [0.1, 0.15) is 4.32 Å². The summed E-state index contributed by atoms with van der Waals surface area (Å²) in [6, 6.07) is 13.8. The van der Waals surface area contributed by atoms with E-state index in [0.717, 1.165) is 22.4 Å². The maximum absolute atomic E-state index is 12.7. The van der Waals surface area contributed by atoms with E-state index in [9.17, 15) is 9.59 Å². The lowest BCUT2D eigenvalue weighted by atomic mass is 10.1. The van der Waals surface area contributed by atoms with Crippen molar-refractivity contribution < 1.29 is 9.59 Å². The molecule has 1 aliphatic rings. The molecular weight excluding hydrogens is 388 g/mol. The number of rotatable bonds is 5. The maximum atomic E-state index is 12.7. The molecule has 0 saturated carbocycles. The molecule has 1 aliphatic heterocycles. The van der Waals surface area contributed by atoms with Gasteiger partial charge >= 0.3 is 0 Å². The minimum atomic E-state index is -0.144. The fraction of sp³-hybridized carbons (Fsp3) is 0.227. The van der Waals surface area contributed by atoms with Crippen LogP contribution in [0, 0.1) is 20.8 Å². The highest BCUT2D eigenvalue weighted by molar-refractivity contribution is 8.26. The van der Waals surface area contributed by atoms with Crippen molar-refractivity contribution in [1.29, 1.82) is 0 Å². The van der Waals surface area contributed by atoms with Gasteiger partial charge in [0.15, 0.2) is 0 Å². The van der Waals surface area contributed by atoms with Crippen molar-refractivity contribution in [3.05, 3.63) is 69.6 Å². The molecule has 0 bridgehead atoms. The summed E-state index contributed by atoms with van der Waals surface area (Å²) in [7, 11) is 0. The summed E-state index contributed by atoms with van der Waals surface area (Å²) in [5.41, 5.74) is 5.08. The van der Waals surface area contributed by atoms with Crippen molar-refractivity contribution in [3.63, 3.8) is 0 Å². The number of carbonyl (C=O) groups excluding carboxylic acids is 2. The van der Waals surface area contributed by atoms with Crippen LogP contribution in [-0.4, -0.2) is 27.6 Å². The molecule has 0 aromatic heterocycles. The van der Waals surface area contributed by atoms with E-state index < -0.39 is 0 Å². The average molecular weight is 411 g/mol. The molecule has 1 saturated heterocycles. The fourth-order valence-electron chi connectivity index (χ4n) is 2.89. The summed E-state index contributed by atoms with van der Waals surface area (Å²) < 4.78 is 0.489. The average Bonchev–Trinajstić information content (AvgIpc) is 2.91. The van der Waals surface area contributed by atoms with Gasteiger partial charge in [-0.2, -0.15) is 0 Å². The second-order valence-corrected chi connectivity index (χ2v) is 8.54. The molecule has 2 aromatic carbocycles. The number of carbonyl (C=O) groups is 2. The first-order chi connectivity index (χ1) is 13.3. The second kappa shape index (κ2) is 8.71. The number of nitrogens with zero attached hydrogens (tertiary/aromatic N) is 1. The lowest BCUT2D eigenvalue weighted by molar-refractivity contribution is -0.122. The Bertz CT molecular complexity index is 965. The van der Waals surface area contributed by atoms with Gasteiger partial charge in [0.2, 0.25) is 5.91 Å². The van der Waals surface area contributed by atoms with Gasteiger partial charge in [0.05, 0.1) is 4.91 Å². The van der Waals surface area contributed by atoms with Gasteiger partial charge in [0.25, 0.3) is 5.91 Å². The van der Waals surface area contributed by atoms with E-state index >= 15 is 0 Å². The normalized spacial score (nSPS) is 15.4. The summed E-state index contributed by atoms with van der Waals surface area (Å²) in [4.78, 5) is 27.1. The van der Waals surface area contributed by atoms with Crippen LogP contribution in [-0.2, 0) is 9.59 Å². The van der Waals surface area contributed by atoms with Crippen LogP contribution in [0.1, 0.15) is 28.7 Å². The Morgan fingerprint density at radius 3 is 2.46 bits per heavy atom. The summed E-state index contributed by atoms with van der Waals surface area (Å²) >= 11 is 6.62. The number of benzene rings is 2. The third-order valence-electron chi connectivity index (χ3n) is 4.47. The van der Waals surface area contributed by atoms with Crippen molar-refractivity contribution in [2.45, 2.75) is 27.2 Å². The molecule has 1 N–H and O–H groups in total. The molecule has 0 aliphatic carbocycles. The Hall–Kier alpha value is -2.44. The van der Waals surface area contributed by atoms with Gasteiger partial charge < -0.3 is 5.32 Å². The molecule has 3 rings (SSSR count). The van der Waals surface area contributed by atoms with Gasteiger partial charge in [-0.25, -0.2) is 0 Å². The van der Waals surface area contributed by atoms with Crippen LogP contribution in [0.15, 0.2) is 47.4 Å². The monoisotopic (exact) mass is 410 g/mol. The molecule has 0 atom stereocenters. The molecule has 0 unspecified atom stereocenters. The van der Waals surface area contributed by atoms with Gasteiger partial charge in [-0.1, -0.05) is 71.5 Å². The number of amides is 2. The Morgan fingerprint density at radius 2 is 1.79 bits per heavy atom. The highest BCUT2D eigenvalue weighted by Gasteiger charge is 2.32. The molecule has 28 heavy (non-hydrogen) atoms. The summed E-state index contributed by atoms with van der Waals surface area (Å²) in [5, 5.41) is 2.91.